The molecule has 0 aromatic heterocycles. The summed E-state index contributed by atoms with van der Waals surface area (Å²) in [6.45, 7) is 17.0. The maximum atomic E-state index is 9.04. The quantitative estimate of drug-likeness (QED) is 0.700. The van der Waals surface area contributed by atoms with Gasteiger partial charge < -0.3 is 9.53 Å². The zero-order chi connectivity index (χ0) is 13.7. The zero-order valence-electron chi connectivity index (χ0n) is 12.8. The molecule has 1 atom stereocenters. The average molecular weight is 260 g/mol. The van der Waals surface area contributed by atoms with E-state index in [0.29, 0.717) is 18.4 Å². The summed E-state index contributed by atoms with van der Waals surface area (Å²) in [7, 11) is -1.59. The third kappa shape index (κ3) is 6.02. The van der Waals surface area contributed by atoms with Crippen LogP contribution < -0.4 is 0 Å². The number of rotatable bonds is 7. The number of aliphatic hydroxyl groups excluding tert-OH is 1. The van der Waals surface area contributed by atoms with Crippen molar-refractivity contribution in [3.63, 3.8) is 0 Å². The van der Waals surface area contributed by atoms with Crippen LogP contribution >= 0.6 is 0 Å². The van der Waals surface area contributed by atoms with Gasteiger partial charge in [-0.15, -0.1) is 0 Å². The molecule has 0 aromatic carbocycles. The predicted octanol–water partition coefficient (Wildman–Crippen LogP) is 4.05. The molecule has 0 radical (unpaired) electrons. The minimum atomic E-state index is -1.59. The van der Waals surface area contributed by atoms with Crippen LogP contribution in [0.5, 0.6) is 0 Å². The van der Waals surface area contributed by atoms with Gasteiger partial charge in [-0.1, -0.05) is 34.6 Å². The molecule has 0 heterocycles. The first-order chi connectivity index (χ1) is 7.62. The predicted molar refractivity (Wildman–Crippen MR) is 77.8 cm³/mol. The second-order valence-corrected chi connectivity index (χ2v) is 11.7. The first kappa shape index (κ1) is 17.1. The molecular weight excluding hydrogens is 228 g/mol. The van der Waals surface area contributed by atoms with Gasteiger partial charge in [-0.3, -0.25) is 0 Å². The fourth-order valence-corrected chi connectivity index (χ4v) is 2.72. The van der Waals surface area contributed by atoms with Gasteiger partial charge in [0.05, 0.1) is 0 Å². The number of hydrogen-bond donors (Lipinski definition) is 1. The van der Waals surface area contributed by atoms with Crippen molar-refractivity contribution in [1.29, 1.82) is 0 Å². The molecule has 0 aliphatic heterocycles. The van der Waals surface area contributed by atoms with Crippen LogP contribution in [0.1, 0.15) is 47.5 Å². The molecule has 2 nitrogen and oxygen atoms in total. The van der Waals surface area contributed by atoms with Crippen molar-refractivity contribution >= 4 is 8.32 Å². The summed E-state index contributed by atoms with van der Waals surface area (Å²) in [5, 5.41) is 9.33. The van der Waals surface area contributed by atoms with Gasteiger partial charge in [0.15, 0.2) is 8.32 Å². The van der Waals surface area contributed by atoms with Crippen molar-refractivity contribution in [2.45, 2.75) is 65.6 Å². The zero-order valence-corrected chi connectivity index (χ0v) is 13.8. The Hall–Kier alpha value is 0.137. The monoisotopic (exact) mass is 260 g/mol. The summed E-state index contributed by atoms with van der Waals surface area (Å²) in [5.41, 5.74) is 0. The van der Waals surface area contributed by atoms with Crippen molar-refractivity contribution in [2.24, 2.45) is 11.8 Å². The molecule has 0 aliphatic rings. The van der Waals surface area contributed by atoms with Gasteiger partial charge in [0.1, 0.15) is 0 Å². The van der Waals surface area contributed by atoms with Gasteiger partial charge in [0.25, 0.3) is 0 Å². The average Bonchev–Trinajstić information content (AvgIpc) is 2.14. The van der Waals surface area contributed by atoms with E-state index in [1.54, 1.807) is 0 Å². The van der Waals surface area contributed by atoms with Crippen molar-refractivity contribution in [3.05, 3.63) is 0 Å². The normalized spacial score (nSPS) is 15.4. The Morgan fingerprint density at radius 1 is 1.12 bits per heavy atom. The second-order valence-electron chi connectivity index (χ2n) is 6.91. The lowest BCUT2D eigenvalue weighted by Gasteiger charge is -2.36. The molecule has 0 saturated heterocycles. The fraction of sp³-hybridized carbons (Fsp3) is 1.00. The summed E-state index contributed by atoms with van der Waals surface area (Å²) >= 11 is 0. The van der Waals surface area contributed by atoms with Crippen LogP contribution in [-0.2, 0) is 4.43 Å². The molecular formula is C14H32O2Si. The minimum absolute atomic E-state index is 0.289. The molecule has 1 N–H and O–H groups in total. The second kappa shape index (κ2) is 6.91. The summed E-state index contributed by atoms with van der Waals surface area (Å²) in [6.07, 6.45) is 1.98. The van der Waals surface area contributed by atoms with Gasteiger partial charge >= 0.3 is 0 Å². The molecule has 0 fully saturated rings. The van der Waals surface area contributed by atoms with Crippen molar-refractivity contribution in [1.82, 2.24) is 0 Å². The lowest BCUT2D eigenvalue weighted by atomic mass is 9.90. The highest BCUT2D eigenvalue weighted by Crippen LogP contribution is 2.36. The van der Waals surface area contributed by atoms with Gasteiger partial charge in [-0.2, -0.15) is 0 Å². The molecule has 0 spiro atoms. The van der Waals surface area contributed by atoms with Gasteiger partial charge in [-0.05, 0) is 42.8 Å². The van der Waals surface area contributed by atoms with E-state index in [0.717, 1.165) is 19.4 Å². The van der Waals surface area contributed by atoms with Crippen molar-refractivity contribution in [2.75, 3.05) is 13.2 Å². The van der Waals surface area contributed by atoms with E-state index in [1.807, 2.05) is 0 Å². The number of aliphatic hydroxyl groups is 1. The summed E-state index contributed by atoms with van der Waals surface area (Å²) in [5.74, 6) is 1.22. The SMILES string of the molecule is CC(C)[C@H](CCO)CCO[Si](C)(C)C(C)(C)C. The van der Waals surface area contributed by atoms with Crippen LogP contribution in [0.4, 0.5) is 0 Å². The highest BCUT2D eigenvalue weighted by Gasteiger charge is 2.37. The van der Waals surface area contributed by atoms with Crippen molar-refractivity contribution in [3.8, 4) is 0 Å². The van der Waals surface area contributed by atoms with Crippen LogP contribution in [-0.4, -0.2) is 26.6 Å². The van der Waals surface area contributed by atoms with Crippen LogP contribution in [0.3, 0.4) is 0 Å². The van der Waals surface area contributed by atoms with E-state index in [4.69, 9.17) is 9.53 Å². The molecule has 0 rings (SSSR count). The van der Waals surface area contributed by atoms with Crippen molar-refractivity contribution < 1.29 is 9.53 Å². The Balaban J connectivity index is 4.12. The Morgan fingerprint density at radius 3 is 2.00 bits per heavy atom. The Labute approximate surface area is 109 Å². The molecule has 0 amide bonds. The highest BCUT2D eigenvalue weighted by atomic mass is 28.4. The molecule has 104 valence electrons. The highest BCUT2D eigenvalue weighted by molar-refractivity contribution is 6.74. The Kier molecular flexibility index (Phi) is 6.96. The molecule has 0 unspecified atom stereocenters. The Morgan fingerprint density at radius 2 is 1.65 bits per heavy atom. The van der Waals surface area contributed by atoms with E-state index >= 15 is 0 Å². The standard InChI is InChI=1S/C14H32O2Si/c1-12(2)13(8-10-15)9-11-16-17(6,7)14(3,4)5/h12-13,15H,8-11H2,1-7H3/t13-/m1/s1. The first-order valence-electron chi connectivity index (χ1n) is 6.86. The van der Waals surface area contributed by atoms with E-state index in [2.05, 4.69) is 47.7 Å². The minimum Gasteiger partial charge on any atom is -0.417 e. The van der Waals surface area contributed by atoms with Gasteiger partial charge in [0.2, 0.25) is 0 Å². The summed E-state index contributed by atoms with van der Waals surface area (Å²) in [6, 6.07) is 0. The first-order valence-corrected chi connectivity index (χ1v) is 9.77. The van der Waals surface area contributed by atoms with Crippen LogP contribution in [0, 0.1) is 11.8 Å². The van der Waals surface area contributed by atoms with E-state index in [-0.39, 0.29) is 5.04 Å². The molecule has 0 bridgehead atoms. The maximum Gasteiger partial charge on any atom is 0.191 e. The van der Waals surface area contributed by atoms with Crippen LogP contribution in [0.2, 0.25) is 18.1 Å². The third-order valence-electron chi connectivity index (χ3n) is 4.20. The van der Waals surface area contributed by atoms with Gasteiger partial charge in [-0.25, -0.2) is 0 Å². The number of hydrogen-bond acceptors (Lipinski definition) is 2. The lowest BCUT2D eigenvalue weighted by molar-refractivity contribution is 0.189. The topological polar surface area (TPSA) is 29.5 Å². The van der Waals surface area contributed by atoms with Crippen LogP contribution in [0.25, 0.3) is 0 Å². The maximum absolute atomic E-state index is 9.04. The molecule has 0 aromatic rings. The fourth-order valence-electron chi connectivity index (χ4n) is 1.66. The van der Waals surface area contributed by atoms with E-state index in [1.165, 1.54) is 0 Å². The lowest BCUT2D eigenvalue weighted by Crippen LogP contribution is -2.41. The smallest absolute Gasteiger partial charge is 0.191 e. The summed E-state index contributed by atoms with van der Waals surface area (Å²) < 4.78 is 6.18. The van der Waals surface area contributed by atoms with E-state index < -0.39 is 8.32 Å². The molecule has 0 aliphatic carbocycles. The van der Waals surface area contributed by atoms with E-state index in [9.17, 15) is 0 Å². The molecule has 3 heteroatoms. The molecule has 0 saturated carbocycles. The van der Waals surface area contributed by atoms with Gasteiger partial charge in [0, 0.05) is 13.2 Å². The largest absolute Gasteiger partial charge is 0.417 e. The third-order valence-corrected chi connectivity index (χ3v) is 8.74. The summed E-state index contributed by atoms with van der Waals surface area (Å²) in [4.78, 5) is 0. The van der Waals surface area contributed by atoms with Crippen LogP contribution in [0.15, 0.2) is 0 Å². The Bertz CT molecular complexity index is 207. The molecule has 17 heavy (non-hydrogen) atoms.